The SMILES string of the molecule is CN(C)c1ccc(-c2nc(-c3ccc(-n4c5ccccc5c5ccccc54)cc3)cc(-c3ccc(-n4c5ccccc5c5ccccc54)cc3)n2)cc1. The van der Waals surface area contributed by atoms with Gasteiger partial charge in [0.2, 0.25) is 0 Å². The fourth-order valence-electron chi connectivity index (χ4n) is 7.74. The minimum Gasteiger partial charge on any atom is -0.378 e. The van der Waals surface area contributed by atoms with Crippen LogP contribution in [0.25, 0.3) is 88.9 Å². The Labute approximate surface area is 307 Å². The first-order chi connectivity index (χ1) is 26.1. The van der Waals surface area contributed by atoms with Gasteiger partial charge in [0.1, 0.15) is 0 Å². The van der Waals surface area contributed by atoms with Crippen LogP contribution in [-0.4, -0.2) is 33.2 Å². The topological polar surface area (TPSA) is 38.9 Å². The number of nitrogens with zero attached hydrogens (tertiary/aromatic N) is 5. The molecule has 0 amide bonds. The van der Waals surface area contributed by atoms with E-state index in [1.807, 2.05) is 0 Å². The average Bonchev–Trinajstić information content (AvgIpc) is 3.74. The van der Waals surface area contributed by atoms with Gasteiger partial charge in [-0.25, -0.2) is 9.97 Å². The predicted octanol–water partition coefficient (Wildman–Crippen LogP) is 11.7. The maximum atomic E-state index is 5.16. The lowest BCUT2D eigenvalue weighted by molar-refractivity contribution is 1.13. The Morgan fingerprint density at radius 1 is 0.377 bits per heavy atom. The molecule has 53 heavy (non-hydrogen) atoms. The monoisotopic (exact) mass is 681 g/mol. The first-order valence-corrected chi connectivity index (χ1v) is 18.0. The van der Waals surface area contributed by atoms with E-state index in [0.717, 1.165) is 45.1 Å². The van der Waals surface area contributed by atoms with Crippen molar-refractivity contribution in [3.63, 3.8) is 0 Å². The largest absolute Gasteiger partial charge is 0.378 e. The molecule has 0 aliphatic rings. The zero-order valence-corrected chi connectivity index (χ0v) is 29.5. The minimum absolute atomic E-state index is 0.695. The molecule has 10 rings (SSSR count). The normalized spacial score (nSPS) is 11.6. The Kier molecular flexibility index (Phi) is 7.18. The van der Waals surface area contributed by atoms with E-state index in [1.54, 1.807) is 0 Å². The van der Waals surface area contributed by atoms with Gasteiger partial charge in [0.15, 0.2) is 5.82 Å². The molecule has 0 unspecified atom stereocenters. The van der Waals surface area contributed by atoms with Crippen molar-refractivity contribution in [1.29, 1.82) is 0 Å². The molecular formula is C48H35N5. The van der Waals surface area contributed by atoms with Crippen LogP contribution in [-0.2, 0) is 0 Å². The summed E-state index contributed by atoms with van der Waals surface area (Å²) >= 11 is 0. The second-order valence-corrected chi connectivity index (χ2v) is 13.7. The quantitative estimate of drug-likeness (QED) is 0.175. The third kappa shape index (κ3) is 5.16. The maximum Gasteiger partial charge on any atom is 0.160 e. The molecule has 0 saturated carbocycles. The van der Waals surface area contributed by atoms with Crippen molar-refractivity contribution >= 4 is 49.3 Å². The highest BCUT2D eigenvalue weighted by atomic mass is 15.1. The summed E-state index contributed by atoms with van der Waals surface area (Å²) < 4.78 is 4.69. The van der Waals surface area contributed by atoms with E-state index in [1.165, 1.54) is 43.6 Å². The number of hydrogen-bond acceptors (Lipinski definition) is 3. The Balaban J connectivity index is 1.08. The smallest absolute Gasteiger partial charge is 0.160 e. The summed E-state index contributed by atoms with van der Waals surface area (Å²) in [6, 6.07) is 62.5. The highest BCUT2D eigenvalue weighted by molar-refractivity contribution is 6.10. The van der Waals surface area contributed by atoms with Gasteiger partial charge < -0.3 is 14.0 Å². The molecule has 0 spiro atoms. The Morgan fingerprint density at radius 2 is 0.717 bits per heavy atom. The molecule has 0 fully saturated rings. The van der Waals surface area contributed by atoms with Gasteiger partial charge in [-0.3, -0.25) is 0 Å². The van der Waals surface area contributed by atoms with Crippen LogP contribution in [0.3, 0.4) is 0 Å². The number of aromatic nitrogens is 4. The fourth-order valence-corrected chi connectivity index (χ4v) is 7.74. The van der Waals surface area contributed by atoms with Crippen LogP contribution >= 0.6 is 0 Å². The van der Waals surface area contributed by atoms with E-state index in [4.69, 9.17) is 9.97 Å². The summed E-state index contributed by atoms with van der Waals surface area (Å²) in [5.41, 5.74) is 12.9. The summed E-state index contributed by atoms with van der Waals surface area (Å²) in [6.07, 6.45) is 0. The molecule has 7 aromatic carbocycles. The highest BCUT2D eigenvalue weighted by Crippen LogP contribution is 2.35. The van der Waals surface area contributed by atoms with Crippen molar-refractivity contribution in [2.75, 3.05) is 19.0 Å². The van der Waals surface area contributed by atoms with Crippen molar-refractivity contribution in [1.82, 2.24) is 19.1 Å². The Bertz CT molecular complexity index is 2670. The first-order valence-electron chi connectivity index (χ1n) is 18.0. The summed E-state index contributed by atoms with van der Waals surface area (Å²) in [4.78, 5) is 12.4. The minimum atomic E-state index is 0.695. The van der Waals surface area contributed by atoms with Crippen molar-refractivity contribution in [3.8, 4) is 45.3 Å². The fraction of sp³-hybridized carbons (Fsp3) is 0.0417. The van der Waals surface area contributed by atoms with E-state index in [2.05, 4.69) is 204 Å². The Morgan fingerprint density at radius 3 is 1.08 bits per heavy atom. The summed E-state index contributed by atoms with van der Waals surface area (Å²) in [7, 11) is 4.10. The molecule has 0 N–H and O–H groups in total. The highest BCUT2D eigenvalue weighted by Gasteiger charge is 2.16. The van der Waals surface area contributed by atoms with Gasteiger partial charge in [0.25, 0.3) is 0 Å². The number of fused-ring (bicyclic) bond motifs is 6. The third-order valence-electron chi connectivity index (χ3n) is 10.4. The van der Waals surface area contributed by atoms with Crippen LogP contribution < -0.4 is 4.90 Å². The summed E-state index contributed by atoms with van der Waals surface area (Å²) in [6.45, 7) is 0. The van der Waals surface area contributed by atoms with Crippen molar-refractivity contribution in [3.05, 3.63) is 176 Å². The van der Waals surface area contributed by atoms with Crippen LogP contribution in [0.15, 0.2) is 176 Å². The van der Waals surface area contributed by atoms with Crippen LogP contribution in [0.4, 0.5) is 5.69 Å². The lowest BCUT2D eigenvalue weighted by atomic mass is 10.1. The number of benzene rings is 7. The van der Waals surface area contributed by atoms with Crippen LogP contribution in [0, 0.1) is 0 Å². The molecule has 0 saturated heterocycles. The van der Waals surface area contributed by atoms with Gasteiger partial charge in [-0.05, 0) is 78.9 Å². The lowest BCUT2D eigenvalue weighted by Crippen LogP contribution is -2.08. The van der Waals surface area contributed by atoms with E-state index in [9.17, 15) is 0 Å². The van der Waals surface area contributed by atoms with Crippen LogP contribution in [0.5, 0.6) is 0 Å². The van der Waals surface area contributed by atoms with E-state index < -0.39 is 0 Å². The second-order valence-electron chi connectivity index (χ2n) is 13.7. The van der Waals surface area contributed by atoms with Crippen molar-refractivity contribution in [2.24, 2.45) is 0 Å². The average molecular weight is 682 g/mol. The molecule has 3 heterocycles. The van der Waals surface area contributed by atoms with Gasteiger partial charge in [-0.1, -0.05) is 97.1 Å². The van der Waals surface area contributed by atoms with Crippen LogP contribution in [0.2, 0.25) is 0 Å². The zero-order chi connectivity index (χ0) is 35.5. The van der Waals surface area contributed by atoms with E-state index >= 15 is 0 Å². The first kappa shape index (κ1) is 30.8. The molecule has 5 nitrogen and oxygen atoms in total. The van der Waals surface area contributed by atoms with Crippen molar-refractivity contribution in [2.45, 2.75) is 0 Å². The molecule has 0 aliphatic heterocycles. The molecule has 0 bridgehead atoms. The molecule has 0 atom stereocenters. The molecule has 10 aromatic rings. The zero-order valence-electron chi connectivity index (χ0n) is 29.5. The predicted molar refractivity (Wildman–Crippen MR) is 221 cm³/mol. The lowest BCUT2D eigenvalue weighted by Gasteiger charge is -2.14. The number of para-hydroxylation sites is 4. The summed E-state index contributed by atoms with van der Waals surface area (Å²) in [5.74, 6) is 0.695. The number of anilines is 1. The maximum absolute atomic E-state index is 5.16. The molecule has 252 valence electrons. The second kappa shape index (κ2) is 12.4. The molecular weight excluding hydrogens is 647 g/mol. The van der Waals surface area contributed by atoms with Gasteiger partial charge in [0, 0.05) is 69.4 Å². The molecule has 3 aromatic heterocycles. The van der Waals surface area contributed by atoms with Gasteiger partial charge in [-0.15, -0.1) is 0 Å². The van der Waals surface area contributed by atoms with Gasteiger partial charge >= 0.3 is 0 Å². The third-order valence-corrected chi connectivity index (χ3v) is 10.4. The number of rotatable bonds is 6. The van der Waals surface area contributed by atoms with Crippen molar-refractivity contribution < 1.29 is 0 Å². The van der Waals surface area contributed by atoms with Crippen LogP contribution in [0.1, 0.15) is 0 Å². The van der Waals surface area contributed by atoms with Gasteiger partial charge in [0.05, 0.1) is 33.5 Å². The van der Waals surface area contributed by atoms with E-state index in [0.29, 0.717) is 5.82 Å². The standard InChI is InChI=1S/C48H35N5/c1-51(2)35-25-23-34(24-26-35)48-49-42(32-19-27-36(28-20-32)52-44-15-7-3-11-38(44)39-12-4-8-16-45(39)52)31-43(50-48)33-21-29-37(30-22-33)53-46-17-9-5-13-40(46)41-14-6-10-18-47(41)53/h3-31H,1-2H3. The molecule has 0 aliphatic carbocycles. The molecule has 5 heteroatoms. The molecule has 0 radical (unpaired) electrons. The van der Waals surface area contributed by atoms with E-state index in [-0.39, 0.29) is 0 Å². The summed E-state index contributed by atoms with van der Waals surface area (Å²) in [5, 5.41) is 5.01. The Hall–Kier alpha value is -6.98. The number of hydrogen-bond donors (Lipinski definition) is 0. The van der Waals surface area contributed by atoms with Gasteiger partial charge in [-0.2, -0.15) is 0 Å².